The zero-order valence-electron chi connectivity index (χ0n) is 14.5. The van der Waals surface area contributed by atoms with Gasteiger partial charge in [0.15, 0.2) is 0 Å². The van der Waals surface area contributed by atoms with Gasteiger partial charge in [0.25, 0.3) is 0 Å². The summed E-state index contributed by atoms with van der Waals surface area (Å²) < 4.78 is 0. The maximum Gasteiger partial charge on any atom is 0.249 e. The van der Waals surface area contributed by atoms with Crippen LogP contribution in [0.1, 0.15) is 60.5 Å². The highest BCUT2D eigenvalue weighted by atomic mass is 16.1. The third kappa shape index (κ3) is 2.53. The number of fused-ring (bicyclic) bond motifs is 2. The first-order valence-corrected chi connectivity index (χ1v) is 9.22. The van der Waals surface area contributed by atoms with E-state index in [9.17, 15) is 4.79 Å². The Morgan fingerprint density at radius 2 is 2.12 bits per heavy atom. The van der Waals surface area contributed by atoms with Crippen LogP contribution >= 0.6 is 0 Å². The van der Waals surface area contributed by atoms with Crippen LogP contribution in [-0.2, 0) is 6.42 Å². The predicted octanol–water partition coefficient (Wildman–Crippen LogP) is 2.84. The molecule has 0 radical (unpaired) electrons. The summed E-state index contributed by atoms with van der Waals surface area (Å²) in [6, 6.07) is 4.27. The van der Waals surface area contributed by atoms with E-state index in [4.69, 9.17) is 11.5 Å². The van der Waals surface area contributed by atoms with Crippen LogP contribution in [0.15, 0.2) is 17.7 Å². The van der Waals surface area contributed by atoms with Gasteiger partial charge in [-0.2, -0.15) is 0 Å². The van der Waals surface area contributed by atoms with Gasteiger partial charge in [-0.25, -0.2) is 0 Å². The third-order valence-electron chi connectivity index (χ3n) is 5.96. The third-order valence-corrected chi connectivity index (χ3v) is 5.96. The summed E-state index contributed by atoms with van der Waals surface area (Å²) in [5.74, 6) is 0.433. The number of hydrogen-bond donors (Lipinski definition) is 2. The molecule has 2 aliphatic carbocycles. The first kappa shape index (κ1) is 15.7. The Morgan fingerprint density at radius 3 is 2.88 bits per heavy atom. The summed E-state index contributed by atoms with van der Waals surface area (Å²) in [6.07, 6.45) is 6.65. The second kappa shape index (κ2) is 5.92. The molecule has 1 unspecified atom stereocenters. The monoisotopic (exact) mass is 325 g/mol. The lowest BCUT2D eigenvalue weighted by molar-refractivity contribution is 0.0999. The fourth-order valence-corrected chi connectivity index (χ4v) is 4.79. The van der Waals surface area contributed by atoms with Crippen molar-refractivity contribution >= 4 is 17.2 Å². The van der Waals surface area contributed by atoms with Crippen LogP contribution in [0.5, 0.6) is 0 Å². The first-order chi connectivity index (χ1) is 11.5. The largest absolute Gasteiger partial charge is 0.369 e. The highest BCUT2D eigenvalue weighted by Crippen LogP contribution is 2.48. The molecule has 1 aromatic rings. The van der Waals surface area contributed by atoms with Crippen LogP contribution in [0.3, 0.4) is 0 Å². The number of anilines is 1. The minimum absolute atomic E-state index is 0.242. The highest BCUT2D eigenvalue weighted by Gasteiger charge is 2.33. The number of nitrogens with two attached hydrogens (primary N) is 2. The van der Waals surface area contributed by atoms with Gasteiger partial charge in [-0.3, -0.25) is 4.79 Å². The molecule has 24 heavy (non-hydrogen) atoms. The van der Waals surface area contributed by atoms with Crippen LogP contribution in [0.25, 0.3) is 5.57 Å². The fourth-order valence-electron chi connectivity index (χ4n) is 4.79. The summed E-state index contributed by atoms with van der Waals surface area (Å²) in [4.78, 5) is 14.4. The van der Waals surface area contributed by atoms with Gasteiger partial charge >= 0.3 is 0 Å². The van der Waals surface area contributed by atoms with E-state index in [0.717, 1.165) is 51.1 Å². The molecule has 4 rings (SSSR count). The summed E-state index contributed by atoms with van der Waals surface area (Å²) in [5.41, 5.74) is 19.3. The van der Waals surface area contributed by atoms with Crippen molar-refractivity contribution in [2.45, 2.75) is 51.5 Å². The smallest absolute Gasteiger partial charge is 0.249 e. The van der Waals surface area contributed by atoms with Crippen molar-refractivity contribution in [1.29, 1.82) is 0 Å². The van der Waals surface area contributed by atoms with Crippen LogP contribution < -0.4 is 16.4 Å². The Kier molecular flexibility index (Phi) is 3.87. The zero-order valence-corrected chi connectivity index (χ0v) is 14.5. The number of carbonyl (C=O) groups is 1. The number of allylic oxidation sites excluding steroid dienone is 2. The number of rotatable bonds is 2. The Labute approximate surface area is 143 Å². The van der Waals surface area contributed by atoms with Crippen molar-refractivity contribution in [2.75, 3.05) is 18.0 Å². The molecule has 4 nitrogen and oxygen atoms in total. The highest BCUT2D eigenvalue weighted by molar-refractivity contribution is 5.99. The average Bonchev–Trinajstić information content (AvgIpc) is 2.91. The second-order valence-corrected chi connectivity index (χ2v) is 7.81. The van der Waals surface area contributed by atoms with Gasteiger partial charge in [0.2, 0.25) is 5.91 Å². The van der Waals surface area contributed by atoms with Gasteiger partial charge in [0.05, 0.1) is 0 Å². The Bertz CT molecular complexity index is 722. The molecule has 2 atom stereocenters. The van der Waals surface area contributed by atoms with E-state index in [-0.39, 0.29) is 11.9 Å². The van der Waals surface area contributed by atoms with Gasteiger partial charge in [0, 0.05) is 35.9 Å². The molecule has 0 aromatic heterocycles. The van der Waals surface area contributed by atoms with Crippen LogP contribution in [0.4, 0.5) is 5.69 Å². The van der Waals surface area contributed by atoms with E-state index in [1.54, 1.807) is 0 Å². The minimum atomic E-state index is -0.305. The number of nitrogens with zero attached hydrogens (tertiary/aromatic N) is 1. The molecule has 4 heteroatoms. The van der Waals surface area contributed by atoms with Crippen molar-refractivity contribution in [3.63, 3.8) is 0 Å². The van der Waals surface area contributed by atoms with E-state index in [0.29, 0.717) is 5.56 Å². The molecule has 0 saturated carbocycles. The van der Waals surface area contributed by atoms with E-state index < -0.39 is 0 Å². The zero-order chi connectivity index (χ0) is 16.8. The molecule has 1 heterocycles. The van der Waals surface area contributed by atoms with Gasteiger partial charge in [-0.1, -0.05) is 12.5 Å². The quantitative estimate of drug-likeness (QED) is 0.878. The Morgan fingerprint density at radius 1 is 1.29 bits per heavy atom. The lowest BCUT2D eigenvalue weighted by Crippen LogP contribution is -2.43. The molecule has 128 valence electrons. The van der Waals surface area contributed by atoms with Crippen LogP contribution in [-0.4, -0.2) is 25.0 Å². The molecule has 3 aliphatic rings. The summed E-state index contributed by atoms with van der Waals surface area (Å²) in [5, 5.41) is 0. The van der Waals surface area contributed by atoms with Gasteiger partial charge in [-0.15, -0.1) is 0 Å². The average molecular weight is 325 g/mol. The molecule has 1 amide bonds. The van der Waals surface area contributed by atoms with E-state index in [1.165, 1.54) is 34.4 Å². The number of piperidine rings is 1. The minimum Gasteiger partial charge on any atom is -0.369 e. The lowest BCUT2D eigenvalue weighted by Gasteiger charge is -2.35. The Balaban J connectivity index is 1.82. The number of amides is 1. The van der Waals surface area contributed by atoms with Gasteiger partial charge in [-0.05, 0) is 67.7 Å². The summed E-state index contributed by atoms with van der Waals surface area (Å²) >= 11 is 0. The van der Waals surface area contributed by atoms with E-state index in [2.05, 4.69) is 17.9 Å². The van der Waals surface area contributed by atoms with Crippen molar-refractivity contribution in [3.8, 4) is 0 Å². The maximum absolute atomic E-state index is 11.9. The van der Waals surface area contributed by atoms with Crippen LogP contribution in [0.2, 0.25) is 0 Å². The number of benzene rings is 1. The number of carbonyl (C=O) groups excluding carboxylic acids is 1. The fraction of sp³-hybridized carbons (Fsp3) is 0.550. The molecular weight excluding hydrogens is 298 g/mol. The molecule has 1 saturated heterocycles. The van der Waals surface area contributed by atoms with Crippen molar-refractivity contribution < 1.29 is 4.79 Å². The number of primary amides is 1. The second-order valence-electron chi connectivity index (χ2n) is 7.81. The molecule has 4 N–H and O–H groups in total. The topological polar surface area (TPSA) is 72.4 Å². The van der Waals surface area contributed by atoms with E-state index in [1.807, 2.05) is 6.07 Å². The molecule has 1 aliphatic heterocycles. The number of hydrogen-bond acceptors (Lipinski definition) is 3. The van der Waals surface area contributed by atoms with Crippen molar-refractivity contribution in [2.24, 2.45) is 17.4 Å². The van der Waals surface area contributed by atoms with Crippen LogP contribution in [0, 0.1) is 5.92 Å². The molecular formula is C20H27N3O. The van der Waals surface area contributed by atoms with Crippen molar-refractivity contribution in [1.82, 2.24) is 0 Å². The standard InChI is InChI=1S/C20H27N3O/c1-12-4-5-15-13(9-12)10-17-16(20(22)24)6-7-18(19(15)17)23-8-2-3-14(21)11-23/h6-7,12,14H,2-5,8-11,21H2,1H3,(H2,22,24)/t12?,14-/m0/s1. The Hall–Kier alpha value is -1.81. The molecule has 1 fully saturated rings. The van der Waals surface area contributed by atoms with E-state index >= 15 is 0 Å². The molecule has 1 aromatic carbocycles. The predicted molar refractivity (Wildman–Crippen MR) is 98.0 cm³/mol. The van der Waals surface area contributed by atoms with Gasteiger partial charge in [0.1, 0.15) is 0 Å². The summed E-state index contributed by atoms with van der Waals surface area (Å²) in [7, 11) is 0. The van der Waals surface area contributed by atoms with Gasteiger partial charge < -0.3 is 16.4 Å². The normalized spacial score (nSPS) is 26.3. The lowest BCUT2D eigenvalue weighted by atomic mass is 9.84. The molecule has 0 spiro atoms. The maximum atomic E-state index is 11.9. The summed E-state index contributed by atoms with van der Waals surface area (Å²) in [6.45, 7) is 4.28. The SMILES string of the molecule is CC1CCC2=C(Cc3c(C(N)=O)ccc(N4CCC[C@H](N)C4)c32)C1. The van der Waals surface area contributed by atoms with Crippen molar-refractivity contribution in [3.05, 3.63) is 34.4 Å². The first-order valence-electron chi connectivity index (χ1n) is 9.22. The molecule has 0 bridgehead atoms.